The van der Waals surface area contributed by atoms with E-state index in [9.17, 15) is 4.79 Å². The van der Waals surface area contributed by atoms with Crippen molar-refractivity contribution in [1.29, 1.82) is 0 Å². The largest absolute Gasteiger partial charge is 0.467 e. The van der Waals surface area contributed by atoms with Gasteiger partial charge in [-0.2, -0.15) is 0 Å². The number of thioether (sulfide) groups is 2. The van der Waals surface area contributed by atoms with Gasteiger partial charge in [-0.1, -0.05) is 12.1 Å². The zero-order valence-corrected chi connectivity index (χ0v) is 12.5. The number of hydrogen-bond acceptors (Lipinski definition) is 4. The first-order chi connectivity index (χ1) is 9.83. The Balaban J connectivity index is 1.60. The molecule has 0 saturated carbocycles. The Morgan fingerprint density at radius 1 is 1.20 bits per heavy atom. The van der Waals surface area contributed by atoms with Crippen LogP contribution in [0.5, 0.6) is 0 Å². The van der Waals surface area contributed by atoms with Crippen molar-refractivity contribution < 1.29 is 9.21 Å². The zero-order chi connectivity index (χ0) is 13.8. The van der Waals surface area contributed by atoms with Crippen LogP contribution >= 0.6 is 23.5 Å². The summed E-state index contributed by atoms with van der Waals surface area (Å²) < 4.78 is 5.71. The predicted molar refractivity (Wildman–Crippen MR) is 84.0 cm³/mol. The highest BCUT2D eigenvalue weighted by atomic mass is 32.2. The van der Waals surface area contributed by atoms with Crippen LogP contribution in [0.4, 0.5) is 0 Å². The van der Waals surface area contributed by atoms with Gasteiger partial charge in [-0.05, 0) is 29.8 Å². The molecule has 0 bridgehead atoms. The highest BCUT2D eigenvalue weighted by molar-refractivity contribution is 8.19. The Hall–Kier alpha value is -1.33. The summed E-state index contributed by atoms with van der Waals surface area (Å²) in [6.07, 6.45) is 1.60. The molecule has 1 aliphatic heterocycles. The zero-order valence-electron chi connectivity index (χ0n) is 10.9. The lowest BCUT2D eigenvalue weighted by Gasteiger charge is -2.09. The van der Waals surface area contributed by atoms with Crippen LogP contribution in [0.25, 0.3) is 0 Å². The third-order valence-electron chi connectivity index (χ3n) is 3.07. The normalized spacial score (nSPS) is 15.4. The number of benzene rings is 1. The van der Waals surface area contributed by atoms with Crippen LogP contribution in [0.3, 0.4) is 0 Å². The first-order valence-electron chi connectivity index (χ1n) is 6.47. The summed E-state index contributed by atoms with van der Waals surface area (Å²) in [4.78, 5) is 12.0. The Bertz CT molecular complexity index is 560. The molecule has 0 atom stereocenters. The molecule has 1 aromatic heterocycles. The first-order valence-corrected chi connectivity index (χ1v) is 8.56. The SMILES string of the molecule is O=C(NCc1ccco1)c1ccc(C2SCCS2)cc1. The van der Waals surface area contributed by atoms with Gasteiger partial charge in [0.1, 0.15) is 5.76 Å². The molecule has 2 aromatic rings. The molecule has 3 rings (SSSR count). The van der Waals surface area contributed by atoms with Crippen molar-refractivity contribution in [2.24, 2.45) is 0 Å². The lowest BCUT2D eigenvalue weighted by atomic mass is 10.1. The summed E-state index contributed by atoms with van der Waals surface area (Å²) in [6, 6.07) is 11.6. The fraction of sp³-hybridized carbons (Fsp3) is 0.267. The van der Waals surface area contributed by atoms with Crippen molar-refractivity contribution in [3.8, 4) is 0 Å². The predicted octanol–water partition coefficient (Wildman–Crippen LogP) is 3.69. The molecule has 5 heteroatoms. The van der Waals surface area contributed by atoms with Gasteiger partial charge in [-0.15, -0.1) is 23.5 Å². The van der Waals surface area contributed by atoms with Crippen LogP contribution in [-0.4, -0.2) is 17.4 Å². The molecule has 2 heterocycles. The minimum Gasteiger partial charge on any atom is -0.467 e. The van der Waals surface area contributed by atoms with Crippen LogP contribution in [-0.2, 0) is 6.54 Å². The van der Waals surface area contributed by atoms with Gasteiger partial charge in [0.2, 0.25) is 0 Å². The maximum atomic E-state index is 12.0. The van der Waals surface area contributed by atoms with Gasteiger partial charge >= 0.3 is 0 Å². The fourth-order valence-electron chi connectivity index (χ4n) is 2.03. The second kappa shape index (κ2) is 6.41. The molecular formula is C15H15NO2S2. The van der Waals surface area contributed by atoms with Gasteiger partial charge in [0, 0.05) is 17.1 Å². The summed E-state index contributed by atoms with van der Waals surface area (Å²) in [5.74, 6) is 3.11. The monoisotopic (exact) mass is 305 g/mol. The van der Waals surface area contributed by atoms with E-state index in [0.717, 1.165) is 5.76 Å². The third kappa shape index (κ3) is 3.22. The van der Waals surface area contributed by atoms with E-state index in [1.165, 1.54) is 17.1 Å². The molecule has 20 heavy (non-hydrogen) atoms. The molecule has 1 aliphatic rings. The van der Waals surface area contributed by atoms with Crippen molar-refractivity contribution >= 4 is 29.4 Å². The van der Waals surface area contributed by atoms with E-state index in [0.29, 0.717) is 16.7 Å². The van der Waals surface area contributed by atoms with Crippen LogP contribution < -0.4 is 5.32 Å². The van der Waals surface area contributed by atoms with E-state index in [4.69, 9.17) is 4.42 Å². The lowest BCUT2D eigenvalue weighted by Crippen LogP contribution is -2.22. The minimum atomic E-state index is -0.0697. The minimum absolute atomic E-state index is 0.0697. The van der Waals surface area contributed by atoms with Crippen molar-refractivity contribution in [3.05, 3.63) is 59.5 Å². The Kier molecular flexibility index (Phi) is 4.38. The number of rotatable bonds is 4. The molecule has 104 valence electrons. The van der Waals surface area contributed by atoms with Gasteiger partial charge in [-0.3, -0.25) is 4.79 Å². The van der Waals surface area contributed by atoms with Gasteiger partial charge in [0.25, 0.3) is 5.91 Å². The third-order valence-corrected chi connectivity index (χ3v) is 6.17. The van der Waals surface area contributed by atoms with Gasteiger partial charge in [0.05, 0.1) is 17.4 Å². The molecule has 1 N–H and O–H groups in total. The van der Waals surface area contributed by atoms with Gasteiger partial charge in [0.15, 0.2) is 0 Å². The van der Waals surface area contributed by atoms with Crippen LogP contribution in [0.2, 0.25) is 0 Å². The summed E-state index contributed by atoms with van der Waals surface area (Å²) in [7, 11) is 0. The number of furan rings is 1. The van der Waals surface area contributed by atoms with Crippen LogP contribution in [0, 0.1) is 0 Å². The Labute approximate surface area is 126 Å². The average molecular weight is 305 g/mol. The highest BCUT2D eigenvalue weighted by Crippen LogP contribution is 2.45. The van der Waals surface area contributed by atoms with Crippen LogP contribution in [0.1, 0.15) is 26.3 Å². The molecule has 1 saturated heterocycles. The van der Waals surface area contributed by atoms with Gasteiger partial charge in [-0.25, -0.2) is 0 Å². The maximum absolute atomic E-state index is 12.0. The average Bonchev–Trinajstić information content (AvgIpc) is 3.18. The second-order valence-electron chi connectivity index (χ2n) is 4.46. The molecule has 0 unspecified atom stereocenters. The number of carbonyl (C=O) groups is 1. The van der Waals surface area contributed by atoms with Crippen molar-refractivity contribution in [2.45, 2.75) is 11.1 Å². The summed E-state index contributed by atoms with van der Waals surface area (Å²) in [5, 5.41) is 2.85. The van der Waals surface area contributed by atoms with E-state index in [2.05, 4.69) is 17.4 Å². The summed E-state index contributed by atoms with van der Waals surface area (Å²) in [6.45, 7) is 0.419. The van der Waals surface area contributed by atoms with Crippen molar-refractivity contribution in [1.82, 2.24) is 5.32 Å². The lowest BCUT2D eigenvalue weighted by molar-refractivity contribution is 0.0948. The molecule has 1 aromatic carbocycles. The number of amides is 1. The topological polar surface area (TPSA) is 42.2 Å². The van der Waals surface area contributed by atoms with Crippen molar-refractivity contribution in [2.75, 3.05) is 11.5 Å². The highest BCUT2D eigenvalue weighted by Gasteiger charge is 2.18. The molecule has 1 amide bonds. The maximum Gasteiger partial charge on any atom is 0.251 e. The smallest absolute Gasteiger partial charge is 0.251 e. The summed E-state index contributed by atoms with van der Waals surface area (Å²) in [5.41, 5.74) is 1.98. The standard InChI is InChI=1S/C15H15NO2S2/c17-14(16-10-13-2-1-7-18-13)11-3-5-12(6-4-11)15-19-8-9-20-15/h1-7,15H,8-10H2,(H,16,17). The second-order valence-corrected chi connectivity index (χ2v) is 7.18. The fourth-order valence-corrected chi connectivity index (χ4v) is 4.88. The van der Waals surface area contributed by atoms with E-state index >= 15 is 0 Å². The van der Waals surface area contributed by atoms with Gasteiger partial charge < -0.3 is 9.73 Å². The number of hydrogen-bond donors (Lipinski definition) is 1. The van der Waals surface area contributed by atoms with E-state index in [1.54, 1.807) is 6.26 Å². The molecule has 0 spiro atoms. The van der Waals surface area contributed by atoms with Crippen LogP contribution in [0.15, 0.2) is 47.1 Å². The van der Waals surface area contributed by atoms with Crippen molar-refractivity contribution in [3.63, 3.8) is 0 Å². The Morgan fingerprint density at radius 3 is 2.60 bits per heavy atom. The summed E-state index contributed by atoms with van der Waals surface area (Å²) >= 11 is 3.94. The molecule has 3 nitrogen and oxygen atoms in total. The quantitative estimate of drug-likeness (QED) is 0.935. The number of nitrogens with one attached hydrogen (secondary N) is 1. The number of carbonyl (C=O) groups excluding carboxylic acids is 1. The molecule has 0 aliphatic carbocycles. The first kappa shape index (κ1) is 13.6. The van der Waals surface area contributed by atoms with E-state index < -0.39 is 0 Å². The van der Waals surface area contributed by atoms with E-state index in [1.807, 2.05) is 47.8 Å². The molecule has 0 radical (unpaired) electrons. The Morgan fingerprint density at radius 2 is 1.95 bits per heavy atom. The molecule has 1 fully saturated rings. The van der Waals surface area contributed by atoms with E-state index in [-0.39, 0.29) is 5.91 Å². The molecular weight excluding hydrogens is 290 g/mol.